The summed E-state index contributed by atoms with van der Waals surface area (Å²) in [6.45, 7) is 1.36. The van der Waals surface area contributed by atoms with Crippen LogP contribution in [-0.4, -0.2) is 54.0 Å². The zero-order chi connectivity index (χ0) is 20.2. The van der Waals surface area contributed by atoms with Gasteiger partial charge in [-0.1, -0.05) is 30.3 Å². The molecule has 1 fully saturated rings. The number of carbonyl (C=O) groups is 1. The maximum absolute atomic E-state index is 13.4. The number of hydrogen-bond acceptors (Lipinski definition) is 4. The van der Waals surface area contributed by atoms with Crippen LogP contribution in [0.5, 0.6) is 5.75 Å². The van der Waals surface area contributed by atoms with Crippen molar-refractivity contribution in [3.05, 3.63) is 66.4 Å². The summed E-state index contributed by atoms with van der Waals surface area (Å²) in [6.07, 6.45) is 3.74. The van der Waals surface area contributed by atoms with Crippen molar-refractivity contribution in [3.8, 4) is 22.7 Å². The van der Waals surface area contributed by atoms with Gasteiger partial charge in [0.2, 0.25) is 0 Å². The van der Waals surface area contributed by atoms with Crippen molar-refractivity contribution in [1.82, 2.24) is 14.7 Å². The molecule has 1 aromatic heterocycles. The van der Waals surface area contributed by atoms with Crippen LogP contribution in [0.1, 0.15) is 23.2 Å². The molecule has 150 valence electrons. The summed E-state index contributed by atoms with van der Waals surface area (Å²) in [6, 6.07) is 17.5. The molecule has 0 spiro atoms. The Labute approximate surface area is 170 Å². The summed E-state index contributed by atoms with van der Waals surface area (Å²) in [5.74, 6) is 0.681. The Hall–Kier alpha value is -3.12. The lowest BCUT2D eigenvalue weighted by atomic mass is 10.0. The lowest BCUT2D eigenvalue weighted by molar-refractivity contribution is 0.0351. The van der Waals surface area contributed by atoms with Gasteiger partial charge in [-0.05, 0) is 37.1 Å². The van der Waals surface area contributed by atoms with Gasteiger partial charge in [-0.3, -0.25) is 4.79 Å². The number of benzene rings is 2. The van der Waals surface area contributed by atoms with Crippen molar-refractivity contribution in [2.75, 3.05) is 27.3 Å². The SMILES string of the molecule is COc1ccccc1-c1nn(-c2ccccc2)cc1C(=O)N1CCC(OC)CC1. The predicted molar refractivity (Wildman–Crippen MR) is 111 cm³/mol. The topological polar surface area (TPSA) is 56.6 Å². The molecule has 0 saturated carbocycles. The van der Waals surface area contributed by atoms with Gasteiger partial charge in [-0.2, -0.15) is 5.10 Å². The number of ether oxygens (including phenoxy) is 2. The molecule has 1 saturated heterocycles. The van der Waals surface area contributed by atoms with Crippen molar-refractivity contribution in [1.29, 1.82) is 0 Å². The predicted octanol–water partition coefficient (Wildman–Crippen LogP) is 3.80. The number of rotatable bonds is 5. The van der Waals surface area contributed by atoms with Crippen LogP contribution in [0.25, 0.3) is 16.9 Å². The van der Waals surface area contributed by atoms with Crippen LogP contribution >= 0.6 is 0 Å². The Balaban J connectivity index is 1.75. The number of amides is 1. The molecule has 1 aliphatic heterocycles. The maximum atomic E-state index is 13.4. The van der Waals surface area contributed by atoms with Crippen molar-refractivity contribution >= 4 is 5.91 Å². The van der Waals surface area contributed by atoms with Crippen LogP contribution in [0.2, 0.25) is 0 Å². The van der Waals surface area contributed by atoms with Gasteiger partial charge in [0, 0.05) is 32.0 Å². The Morgan fingerprint density at radius 1 is 1.00 bits per heavy atom. The molecular formula is C23H25N3O3. The Morgan fingerprint density at radius 3 is 2.38 bits per heavy atom. The number of piperidine rings is 1. The number of methoxy groups -OCH3 is 2. The molecule has 1 amide bonds. The van der Waals surface area contributed by atoms with Gasteiger partial charge in [0.1, 0.15) is 11.4 Å². The fourth-order valence-electron chi connectivity index (χ4n) is 3.75. The van der Waals surface area contributed by atoms with Crippen molar-refractivity contribution < 1.29 is 14.3 Å². The lowest BCUT2D eigenvalue weighted by Crippen LogP contribution is -2.40. The molecule has 0 atom stereocenters. The average Bonchev–Trinajstić information content (AvgIpc) is 3.24. The minimum atomic E-state index is -0.0114. The monoisotopic (exact) mass is 391 g/mol. The minimum absolute atomic E-state index is 0.0114. The number of nitrogens with zero attached hydrogens (tertiary/aromatic N) is 3. The van der Waals surface area contributed by atoms with Crippen LogP contribution in [0.15, 0.2) is 60.8 Å². The molecule has 3 aromatic rings. The van der Waals surface area contributed by atoms with E-state index in [9.17, 15) is 4.79 Å². The van der Waals surface area contributed by atoms with E-state index in [2.05, 4.69) is 0 Å². The third kappa shape index (κ3) is 3.89. The lowest BCUT2D eigenvalue weighted by Gasteiger charge is -2.31. The molecule has 29 heavy (non-hydrogen) atoms. The van der Waals surface area contributed by atoms with Crippen LogP contribution in [0, 0.1) is 0 Å². The summed E-state index contributed by atoms with van der Waals surface area (Å²) in [4.78, 5) is 15.3. The molecule has 6 heteroatoms. The summed E-state index contributed by atoms with van der Waals surface area (Å²) < 4.78 is 12.7. The first-order valence-electron chi connectivity index (χ1n) is 9.82. The summed E-state index contributed by atoms with van der Waals surface area (Å²) >= 11 is 0. The Morgan fingerprint density at radius 2 is 1.69 bits per heavy atom. The van der Waals surface area contributed by atoms with E-state index in [4.69, 9.17) is 14.6 Å². The van der Waals surface area contributed by atoms with Gasteiger partial charge < -0.3 is 14.4 Å². The summed E-state index contributed by atoms with van der Waals surface area (Å²) in [5, 5.41) is 4.77. The van der Waals surface area contributed by atoms with Crippen LogP contribution in [-0.2, 0) is 4.74 Å². The maximum Gasteiger partial charge on any atom is 0.257 e. The highest BCUT2D eigenvalue weighted by Gasteiger charge is 2.28. The largest absolute Gasteiger partial charge is 0.496 e. The van der Waals surface area contributed by atoms with Crippen LogP contribution in [0.3, 0.4) is 0 Å². The second-order valence-corrected chi connectivity index (χ2v) is 7.10. The first kappa shape index (κ1) is 19.2. The third-order valence-electron chi connectivity index (χ3n) is 5.39. The van der Waals surface area contributed by atoms with Gasteiger partial charge in [-0.25, -0.2) is 4.68 Å². The van der Waals surface area contributed by atoms with Crippen LogP contribution < -0.4 is 4.74 Å². The molecule has 2 heterocycles. The Kier molecular flexibility index (Phi) is 5.62. The summed E-state index contributed by atoms with van der Waals surface area (Å²) in [7, 11) is 3.36. The molecule has 0 radical (unpaired) electrons. The number of likely N-dealkylation sites (tertiary alicyclic amines) is 1. The first-order chi connectivity index (χ1) is 14.2. The van der Waals surface area contributed by atoms with Crippen molar-refractivity contribution in [2.24, 2.45) is 0 Å². The third-order valence-corrected chi connectivity index (χ3v) is 5.39. The van der Waals surface area contributed by atoms with E-state index in [1.54, 1.807) is 18.9 Å². The first-order valence-corrected chi connectivity index (χ1v) is 9.82. The van der Waals surface area contributed by atoms with Crippen molar-refractivity contribution in [2.45, 2.75) is 18.9 Å². The van der Waals surface area contributed by atoms with E-state index in [0.717, 1.165) is 24.1 Å². The smallest absolute Gasteiger partial charge is 0.257 e. The average molecular weight is 391 g/mol. The molecule has 1 aliphatic rings. The van der Waals surface area contributed by atoms with Gasteiger partial charge in [0.05, 0.1) is 24.5 Å². The molecule has 0 bridgehead atoms. The van der Waals surface area contributed by atoms with E-state index in [-0.39, 0.29) is 12.0 Å². The second-order valence-electron chi connectivity index (χ2n) is 7.10. The van der Waals surface area contributed by atoms with Crippen LogP contribution in [0.4, 0.5) is 0 Å². The zero-order valence-corrected chi connectivity index (χ0v) is 16.7. The number of carbonyl (C=O) groups excluding carboxylic acids is 1. The standard InChI is InChI=1S/C23H25N3O3/c1-28-18-12-14-25(15-13-18)23(27)20-16-26(17-8-4-3-5-9-17)24-22(20)19-10-6-7-11-21(19)29-2/h3-11,16,18H,12-15H2,1-2H3. The molecule has 0 N–H and O–H groups in total. The van der Waals surface area contributed by atoms with E-state index >= 15 is 0 Å². The van der Waals surface area contributed by atoms with E-state index in [1.807, 2.05) is 65.7 Å². The summed E-state index contributed by atoms with van der Waals surface area (Å²) in [5.41, 5.74) is 2.92. The van der Waals surface area contributed by atoms with Gasteiger partial charge in [0.15, 0.2) is 0 Å². The Bertz CT molecular complexity index is 976. The number of hydrogen-bond donors (Lipinski definition) is 0. The molecule has 2 aromatic carbocycles. The van der Waals surface area contributed by atoms with E-state index < -0.39 is 0 Å². The quantitative estimate of drug-likeness (QED) is 0.664. The zero-order valence-electron chi connectivity index (χ0n) is 16.7. The molecule has 0 unspecified atom stereocenters. The second kappa shape index (κ2) is 8.49. The molecular weight excluding hydrogens is 366 g/mol. The van der Waals surface area contributed by atoms with E-state index in [0.29, 0.717) is 30.1 Å². The highest BCUT2D eigenvalue weighted by Crippen LogP contribution is 2.32. The fourth-order valence-corrected chi connectivity index (χ4v) is 3.75. The van der Waals surface area contributed by atoms with Gasteiger partial charge >= 0.3 is 0 Å². The molecule has 6 nitrogen and oxygen atoms in total. The van der Waals surface area contributed by atoms with Gasteiger partial charge in [-0.15, -0.1) is 0 Å². The number of aromatic nitrogens is 2. The highest BCUT2D eigenvalue weighted by atomic mass is 16.5. The van der Waals surface area contributed by atoms with Gasteiger partial charge in [0.25, 0.3) is 5.91 Å². The van der Waals surface area contributed by atoms with E-state index in [1.165, 1.54) is 0 Å². The molecule has 4 rings (SSSR count). The number of para-hydroxylation sites is 2. The molecule has 0 aliphatic carbocycles. The fraction of sp³-hybridized carbons (Fsp3) is 0.304. The van der Waals surface area contributed by atoms with Crippen molar-refractivity contribution in [3.63, 3.8) is 0 Å². The highest BCUT2D eigenvalue weighted by molar-refractivity contribution is 6.00. The normalized spacial score (nSPS) is 14.8. The minimum Gasteiger partial charge on any atom is -0.496 e.